The summed E-state index contributed by atoms with van der Waals surface area (Å²) in [5.74, 6) is 0.767. The van der Waals surface area contributed by atoms with Gasteiger partial charge in [0.2, 0.25) is 11.9 Å². The summed E-state index contributed by atoms with van der Waals surface area (Å²) in [5, 5.41) is 7.14. The van der Waals surface area contributed by atoms with Gasteiger partial charge in [-0.2, -0.15) is 5.10 Å². The fraction of sp³-hybridized carbons (Fsp3) is 0.632. The number of nitrogens with zero attached hydrogens (tertiary/aromatic N) is 6. The summed E-state index contributed by atoms with van der Waals surface area (Å²) in [6, 6.07) is 0. The van der Waals surface area contributed by atoms with Crippen molar-refractivity contribution >= 4 is 11.9 Å². The van der Waals surface area contributed by atoms with Crippen molar-refractivity contribution in [1.82, 2.24) is 30.0 Å². The third-order valence-corrected chi connectivity index (χ3v) is 6.47. The molecule has 1 amide bonds. The van der Waals surface area contributed by atoms with E-state index in [4.69, 9.17) is 4.74 Å². The average molecular weight is 401 g/mol. The van der Waals surface area contributed by atoms with Gasteiger partial charge in [0, 0.05) is 37.9 Å². The topological polar surface area (TPSA) is 98.1 Å². The van der Waals surface area contributed by atoms with Crippen LogP contribution >= 0.6 is 0 Å². The van der Waals surface area contributed by atoms with Crippen molar-refractivity contribution in [2.45, 2.75) is 43.9 Å². The minimum Gasteiger partial charge on any atom is -0.369 e. The molecule has 10 heteroatoms. The van der Waals surface area contributed by atoms with Gasteiger partial charge in [0.15, 0.2) is 5.82 Å². The molecule has 5 heterocycles. The lowest BCUT2D eigenvalue weighted by molar-refractivity contribution is -0.121. The summed E-state index contributed by atoms with van der Waals surface area (Å²) in [6.07, 6.45) is 8.96. The van der Waals surface area contributed by atoms with Gasteiger partial charge in [-0.1, -0.05) is 0 Å². The summed E-state index contributed by atoms with van der Waals surface area (Å²) >= 11 is 0. The average Bonchev–Trinajstić information content (AvgIpc) is 3.48. The quantitative estimate of drug-likeness (QED) is 0.732. The Balaban J connectivity index is 1.16. The van der Waals surface area contributed by atoms with Crippen LogP contribution in [-0.4, -0.2) is 62.0 Å². The Morgan fingerprint density at radius 3 is 3.03 bits per heavy atom. The number of halogens is 1. The molecule has 0 unspecified atom stereocenters. The van der Waals surface area contributed by atoms with E-state index in [0.29, 0.717) is 31.4 Å². The Labute approximate surface area is 167 Å². The van der Waals surface area contributed by atoms with Gasteiger partial charge in [-0.15, -0.1) is 0 Å². The van der Waals surface area contributed by atoms with Gasteiger partial charge in [0.1, 0.15) is 12.7 Å². The lowest BCUT2D eigenvalue weighted by Crippen LogP contribution is -2.41. The standard InChI is InChI=1S/C19H24FN7O2/c20-13-6-23-18(24-7-13)26-9-15-14(16-3-4-19(15,10-26)29-16)8-22-17(28)2-1-5-27-12-21-11-25-27/h6-7,11-12,14-16H,1-5,8-10H2,(H,22,28)/t14-,15+,16+,19+/m0/s1. The van der Waals surface area contributed by atoms with Gasteiger partial charge in [-0.3, -0.25) is 9.48 Å². The maximum atomic E-state index is 13.1. The molecule has 0 radical (unpaired) electrons. The predicted molar refractivity (Wildman–Crippen MR) is 100 cm³/mol. The molecule has 2 bridgehead atoms. The smallest absolute Gasteiger partial charge is 0.225 e. The molecule has 2 aromatic heterocycles. The largest absolute Gasteiger partial charge is 0.369 e. The number of nitrogens with one attached hydrogen (secondary N) is 1. The highest BCUT2D eigenvalue weighted by Crippen LogP contribution is 2.54. The van der Waals surface area contributed by atoms with E-state index in [1.165, 1.54) is 18.7 Å². The van der Waals surface area contributed by atoms with Crippen molar-refractivity contribution in [2.24, 2.45) is 11.8 Å². The van der Waals surface area contributed by atoms with Crippen LogP contribution in [0.2, 0.25) is 0 Å². The van der Waals surface area contributed by atoms with Gasteiger partial charge < -0.3 is 15.0 Å². The first-order valence-corrected chi connectivity index (χ1v) is 10.1. The molecule has 154 valence electrons. The first-order valence-electron chi connectivity index (χ1n) is 10.1. The second-order valence-electron chi connectivity index (χ2n) is 8.18. The summed E-state index contributed by atoms with van der Waals surface area (Å²) in [6.45, 7) is 2.80. The first kappa shape index (κ1) is 18.4. The van der Waals surface area contributed by atoms with Crippen LogP contribution in [-0.2, 0) is 16.1 Å². The van der Waals surface area contributed by atoms with E-state index in [9.17, 15) is 9.18 Å². The molecule has 9 nitrogen and oxygen atoms in total. The molecule has 3 fully saturated rings. The van der Waals surface area contributed by atoms with Crippen molar-refractivity contribution in [3.63, 3.8) is 0 Å². The van der Waals surface area contributed by atoms with Gasteiger partial charge in [0.25, 0.3) is 0 Å². The molecule has 0 saturated carbocycles. The minimum absolute atomic E-state index is 0.0543. The zero-order chi connectivity index (χ0) is 19.8. The Morgan fingerprint density at radius 1 is 1.38 bits per heavy atom. The van der Waals surface area contributed by atoms with Gasteiger partial charge in [-0.05, 0) is 19.3 Å². The molecule has 29 heavy (non-hydrogen) atoms. The van der Waals surface area contributed by atoms with E-state index >= 15 is 0 Å². The fourth-order valence-electron chi connectivity index (χ4n) is 5.15. The van der Waals surface area contributed by atoms with Gasteiger partial charge >= 0.3 is 0 Å². The summed E-state index contributed by atoms with van der Waals surface area (Å²) in [5.41, 5.74) is -0.190. The van der Waals surface area contributed by atoms with Crippen LogP contribution < -0.4 is 10.2 Å². The van der Waals surface area contributed by atoms with E-state index in [-0.39, 0.29) is 23.5 Å². The van der Waals surface area contributed by atoms with Crippen molar-refractivity contribution in [3.05, 3.63) is 30.9 Å². The summed E-state index contributed by atoms with van der Waals surface area (Å²) in [7, 11) is 0. The van der Waals surface area contributed by atoms with Gasteiger partial charge in [0.05, 0.1) is 30.6 Å². The van der Waals surface area contributed by atoms with Crippen LogP contribution in [0.5, 0.6) is 0 Å². The molecule has 2 aromatic rings. The maximum Gasteiger partial charge on any atom is 0.225 e. The number of rotatable bonds is 7. The molecule has 1 spiro atoms. The zero-order valence-corrected chi connectivity index (χ0v) is 16.1. The number of ether oxygens (including phenoxy) is 1. The molecule has 3 aliphatic heterocycles. The molecule has 3 saturated heterocycles. The van der Waals surface area contributed by atoms with Crippen LogP contribution in [0.3, 0.4) is 0 Å². The number of hydrogen-bond acceptors (Lipinski definition) is 7. The highest BCUT2D eigenvalue weighted by atomic mass is 19.1. The molecule has 1 N–H and O–H groups in total. The molecular weight excluding hydrogens is 377 g/mol. The first-order chi connectivity index (χ1) is 14.1. The van der Waals surface area contributed by atoms with E-state index < -0.39 is 5.82 Å². The Morgan fingerprint density at radius 2 is 2.24 bits per heavy atom. The van der Waals surface area contributed by atoms with Crippen LogP contribution in [0.4, 0.5) is 10.3 Å². The monoisotopic (exact) mass is 401 g/mol. The Bertz CT molecular complexity index is 862. The predicted octanol–water partition coefficient (Wildman–Crippen LogP) is 0.788. The highest BCUT2D eigenvalue weighted by molar-refractivity contribution is 5.75. The molecule has 0 aromatic carbocycles. The van der Waals surface area contributed by atoms with Crippen molar-refractivity contribution in [2.75, 3.05) is 24.5 Å². The van der Waals surface area contributed by atoms with Crippen LogP contribution in [0.1, 0.15) is 25.7 Å². The number of carbonyl (C=O) groups excluding carboxylic acids is 1. The molecule has 0 aliphatic carbocycles. The number of hydrogen-bond donors (Lipinski definition) is 1. The number of anilines is 1. The van der Waals surface area contributed by atoms with Crippen LogP contribution in [0.25, 0.3) is 0 Å². The van der Waals surface area contributed by atoms with Crippen molar-refractivity contribution in [3.8, 4) is 0 Å². The SMILES string of the molecule is O=C(CCCn1cncn1)NC[C@H]1[C@H]2CN(c3ncc(F)cn3)C[C@]23CC[C@H]1O3. The van der Waals surface area contributed by atoms with E-state index in [0.717, 1.165) is 32.4 Å². The molecule has 4 atom stereocenters. The second-order valence-corrected chi connectivity index (χ2v) is 8.18. The zero-order valence-electron chi connectivity index (χ0n) is 16.1. The third kappa shape index (κ3) is 3.45. The van der Waals surface area contributed by atoms with E-state index in [2.05, 4.69) is 30.3 Å². The summed E-state index contributed by atoms with van der Waals surface area (Å²) < 4.78 is 21.3. The van der Waals surface area contributed by atoms with Crippen molar-refractivity contribution in [1.29, 1.82) is 0 Å². The van der Waals surface area contributed by atoms with Gasteiger partial charge in [-0.25, -0.2) is 19.3 Å². The fourth-order valence-corrected chi connectivity index (χ4v) is 5.15. The number of carbonyl (C=O) groups is 1. The highest BCUT2D eigenvalue weighted by Gasteiger charge is 2.63. The normalized spacial score (nSPS) is 30.0. The lowest BCUT2D eigenvalue weighted by Gasteiger charge is -2.29. The Hall–Kier alpha value is -2.62. The minimum atomic E-state index is -0.437. The number of aromatic nitrogens is 5. The summed E-state index contributed by atoms with van der Waals surface area (Å²) in [4.78, 5) is 26.5. The van der Waals surface area contributed by atoms with Crippen LogP contribution in [0, 0.1) is 17.7 Å². The number of aryl methyl sites for hydroxylation is 1. The van der Waals surface area contributed by atoms with Crippen LogP contribution in [0.15, 0.2) is 25.0 Å². The molecule has 5 rings (SSSR count). The van der Waals surface area contributed by atoms with Crippen molar-refractivity contribution < 1.29 is 13.9 Å². The Kier molecular flexibility index (Phi) is 4.65. The number of amides is 1. The van der Waals surface area contributed by atoms with E-state index in [1.807, 2.05) is 0 Å². The maximum absolute atomic E-state index is 13.1. The second kappa shape index (κ2) is 7.33. The third-order valence-electron chi connectivity index (χ3n) is 6.47. The molecule has 3 aliphatic rings. The van der Waals surface area contributed by atoms with E-state index in [1.54, 1.807) is 11.0 Å². The molecular formula is C19H24FN7O2. The lowest BCUT2D eigenvalue weighted by atomic mass is 9.73. The number of fused-ring (bicyclic) bond motifs is 1.